The van der Waals surface area contributed by atoms with Crippen LogP contribution in [0.1, 0.15) is 37.8 Å². The molecule has 1 heterocycles. The molecule has 0 radical (unpaired) electrons. The first-order chi connectivity index (χ1) is 10.6. The van der Waals surface area contributed by atoms with Gasteiger partial charge in [-0.3, -0.25) is 9.89 Å². The Bertz CT molecular complexity index is 495. The third kappa shape index (κ3) is 4.34. The minimum atomic E-state index is -0.278. The molecule has 1 aromatic carbocycles. The van der Waals surface area contributed by atoms with Gasteiger partial charge in [-0.15, -0.1) is 0 Å². The van der Waals surface area contributed by atoms with Crippen molar-refractivity contribution in [2.75, 3.05) is 26.2 Å². The summed E-state index contributed by atoms with van der Waals surface area (Å²) in [4.78, 5) is 6.62. The zero-order chi connectivity index (χ0) is 15.9. The second-order valence-corrected chi connectivity index (χ2v) is 5.95. The molecule has 1 atom stereocenters. The van der Waals surface area contributed by atoms with Crippen LogP contribution in [0.4, 0.5) is 4.39 Å². The topological polar surface area (TPSA) is 53.6 Å². The van der Waals surface area contributed by atoms with E-state index in [2.05, 4.69) is 22.1 Å². The predicted molar refractivity (Wildman–Crippen MR) is 89.7 cm³/mol. The highest BCUT2D eigenvalue weighted by molar-refractivity contribution is 6.31. The number of nitrogens with zero attached hydrogens (tertiary/aromatic N) is 2. The van der Waals surface area contributed by atoms with Crippen molar-refractivity contribution in [2.45, 2.75) is 32.2 Å². The van der Waals surface area contributed by atoms with Crippen molar-refractivity contribution in [3.63, 3.8) is 0 Å². The van der Waals surface area contributed by atoms with Crippen LogP contribution in [-0.4, -0.2) is 37.0 Å². The van der Waals surface area contributed by atoms with Gasteiger partial charge in [-0.05, 0) is 44.5 Å². The normalized spacial score (nSPS) is 17.7. The number of likely N-dealkylation sites (tertiary alicyclic amines) is 1. The molecule has 22 heavy (non-hydrogen) atoms. The van der Waals surface area contributed by atoms with Gasteiger partial charge in [0.1, 0.15) is 5.82 Å². The van der Waals surface area contributed by atoms with Gasteiger partial charge in [0.2, 0.25) is 0 Å². The highest BCUT2D eigenvalue weighted by atomic mass is 35.5. The Balaban J connectivity index is 2.20. The molecule has 0 saturated carbocycles. The fraction of sp³-hybridized carbons (Fsp3) is 0.562. The van der Waals surface area contributed by atoms with Gasteiger partial charge in [-0.2, -0.15) is 0 Å². The minimum Gasteiger partial charge on any atom is -0.370 e. The summed E-state index contributed by atoms with van der Waals surface area (Å²) in [6.45, 7) is 5.13. The van der Waals surface area contributed by atoms with Gasteiger partial charge in [0.05, 0.1) is 12.6 Å². The first-order valence-electron chi connectivity index (χ1n) is 7.85. The van der Waals surface area contributed by atoms with Crippen LogP contribution in [-0.2, 0) is 0 Å². The first kappa shape index (κ1) is 17.0. The zero-order valence-corrected chi connectivity index (χ0v) is 13.7. The second kappa shape index (κ2) is 8.34. The van der Waals surface area contributed by atoms with Crippen molar-refractivity contribution in [2.24, 2.45) is 10.7 Å². The van der Waals surface area contributed by atoms with Gasteiger partial charge < -0.3 is 11.1 Å². The Labute approximate surface area is 136 Å². The van der Waals surface area contributed by atoms with Crippen LogP contribution in [0.25, 0.3) is 0 Å². The van der Waals surface area contributed by atoms with E-state index in [1.165, 1.54) is 6.07 Å². The molecule has 1 fully saturated rings. The maximum Gasteiger partial charge on any atom is 0.188 e. The predicted octanol–water partition coefficient (Wildman–Crippen LogP) is 2.93. The zero-order valence-electron chi connectivity index (χ0n) is 13.0. The quantitative estimate of drug-likeness (QED) is 0.624. The number of halogens is 2. The molecule has 1 aromatic rings. The smallest absolute Gasteiger partial charge is 0.188 e. The van der Waals surface area contributed by atoms with Gasteiger partial charge in [-0.1, -0.05) is 24.6 Å². The Hall–Kier alpha value is -1.33. The summed E-state index contributed by atoms with van der Waals surface area (Å²) in [7, 11) is 0. The monoisotopic (exact) mass is 326 g/mol. The lowest BCUT2D eigenvalue weighted by Crippen LogP contribution is -2.34. The lowest BCUT2D eigenvalue weighted by atomic mass is 10.0. The third-order valence-electron chi connectivity index (χ3n) is 3.91. The highest BCUT2D eigenvalue weighted by Gasteiger charge is 2.27. The van der Waals surface area contributed by atoms with E-state index in [9.17, 15) is 4.39 Å². The molecule has 4 nitrogen and oxygen atoms in total. The lowest BCUT2D eigenvalue weighted by Gasteiger charge is -2.27. The summed E-state index contributed by atoms with van der Waals surface area (Å²) >= 11 is 6.24. The summed E-state index contributed by atoms with van der Waals surface area (Å²) in [6.07, 6.45) is 3.22. The molecule has 0 spiro atoms. The van der Waals surface area contributed by atoms with Crippen LogP contribution in [0.3, 0.4) is 0 Å². The summed E-state index contributed by atoms with van der Waals surface area (Å²) in [6, 6.07) is 4.64. The number of hydrogen-bond acceptors (Lipinski definition) is 2. The standard InChI is InChI=1S/C16H24ClFN4/c1-2-8-20-16(19)21-11-14(22-9-3-4-10-22)15-12(17)6-5-7-13(15)18/h5-7,14H,2-4,8-11H2,1H3,(H3,19,20,21). The van der Waals surface area contributed by atoms with E-state index >= 15 is 0 Å². The average Bonchev–Trinajstić information content (AvgIpc) is 3.02. The van der Waals surface area contributed by atoms with Crippen LogP contribution < -0.4 is 11.1 Å². The van der Waals surface area contributed by atoms with Gasteiger partial charge in [0.15, 0.2) is 5.96 Å². The number of aliphatic imine (C=N–C) groups is 1. The van der Waals surface area contributed by atoms with Gasteiger partial charge in [0, 0.05) is 17.1 Å². The molecule has 0 aromatic heterocycles. The third-order valence-corrected chi connectivity index (χ3v) is 4.23. The fourth-order valence-electron chi connectivity index (χ4n) is 2.77. The molecule has 3 N–H and O–H groups in total. The Morgan fingerprint density at radius 2 is 2.18 bits per heavy atom. The molecule has 0 aliphatic carbocycles. The molecule has 1 unspecified atom stereocenters. The number of rotatable bonds is 6. The highest BCUT2D eigenvalue weighted by Crippen LogP contribution is 2.32. The van der Waals surface area contributed by atoms with Crippen molar-refractivity contribution in [3.8, 4) is 0 Å². The van der Waals surface area contributed by atoms with Crippen molar-refractivity contribution in [1.82, 2.24) is 10.2 Å². The van der Waals surface area contributed by atoms with Crippen LogP contribution in [0, 0.1) is 5.82 Å². The van der Waals surface area contributed by atoms with Gasteiger partial charge in [0.25, 0.3) is 0 Å². The van der Waals surface area contributed by atoms with E-state index in [1.54, 1.807) is 12.1 Å². The molecule has 2 rings (SSSR count). The molecule has 0 bridgehead atoms. The number of benzene rings is 1. The summed E-state index contributed by atoms with van der Waals surface area (Å²) in [5.41, 5.74) is 6.38. The summed E-state index contributed by atoms with van der Waals surface area (Å²) < 4.78 is 14.3. The summed E-state index contributed by atoms with van der Waals surface area (Å²) in [5.74, 6) is 0.123. The number of nitrogens with one attached hydrogen (secondary N) is 1. The molecule has 1 aliphatic rings. The fourth-order valence-corrected chi connectivity index (χ4v) is 3.05. The van der Waals surface area contributed by atoms with Crippen LogP contribution in [0.15, 0.2) is 23.2 Å². The van der Waals surface area contributed by atoms with Crippen LogP contribution in [0.5, 0.6) is 0 Å². The van der Waals surface area contributed by atoms with E-state index in [4.69, 9.17) is 17.3 Å². The Morgan fingerprint density at radius 3 is 2.82 bits per heavy atom. The summed E-state index contributed by atoms with van der Waals surface area (Å²) in [5, 5.41) is 3.49. The van der Waals surface area contributed by atoms with Gasteiger partial charge in [-0.25, -0.2) is 4.39 Å². The van der Waals surface area contributed by atoms with Gasteiger partial charge >= 0.3 is 0 Å². The molecule has 0 amide bonds. The van der Waals surface area contributed by atoms with Crippen LogP contribution >= 0.6 is 11.6 Å². The maximum absolute atomic E-state index is 14.3. The Morgan fingerprint density at radius 1 is 1.45 bits per heavy atom. The second-order valence-electron chi connectivity index (χ2n) is 5.55. The number of guanidine groups is 1. The molecule has 122 valence electrons. The number of nitrogens with two attached hydrogens (primary N) is 1. The van der Waals surface area contributed by atoms with Crippen molar-refractivity contribution in [3.05, 3.63) is 34.6 Å². The number of hydrogen-bond donors (Lipinski definition) is 2. The van der Waals surface area contributed by atoms with E-state index in [0.717, 1.165) is 38.9 Å². The largest absolute Gasteiger partial charge is 0.370 e. The van der Waals surface area contributed by atoms with E-state index in [-0.39, 0.29) is 11.9 Å². The van der Waals surface area contributed by atoms with E-state index < -0.39 is 0 Å². The van der Waals surface area contributed by atoms with E-state index in [0.29, 0.717) is 23.1 Å². The minimum absolute atomic E-state index is 0.168. The van der Waals surface area contributed by atoms with Crippen LogP contribution in [0.2, 0.25) is 5.02 Å². The SMILES string of the molecule is CCCNC(N)=NCC(c1c(F)cccc1Cl)N1CCCC1. The molecule has 6 heteroatoms. The first-order valence-corrected chi connectivity index (χ1v) is 8.23. The van der Waals surface area contributed by atoms with E-state index in [1.807, 2.05) is 0 Å². The van der Waals surface area contributed by atoms with Crippen molar-refractivity contribution in [1.29, 1.82) is 0 Å². The van der Waals surface area contributed by atoms with Crippen molar-refractivity contribution < 1.29 is 4.39 Å². The average molecular weight is 327 g/mol. The molecular formula is C16H24ClFN4. The molecular weight excluding hydrogens is 303 g/mol. The molecule has 1 saturated heterocycles. The lowest BCUT2D eigenvalue weighted by molar-refractivity contribution is 0.246. The Kier molecular flexibility index (Phi) is 6.46. The maximum atomic E-state index is 14.3. The van der Waals surface area contributed by atoms with Crippen molar-refractivity contribution >= 4 is 17.6 Å². The molecule has 1 aliphatic heterocycles.